The van der Waals surface area contributed by atoms with E-state index in [1.54, 1.807) is 0 Å². The molecule has 3 heterocycles. The molecule has 3 aromatic carbocycles. The molecule has 3 saturated heterocycles. The lowest BCUT2D eigenvalue weighted by molar-refractivity contribution is -0.159. The van der Waals surface area contributed by atoms with Crippen LogP contribution in [0.1, 0.15) is 36.0 Å². The van der Waals surface area contributed by atoms with Gasteiger partial charge in [0.15, 0.2) is 0 Å². The number of piperazine rings is 1. The van der Waals surface area contributed by atoms with Crippen molar-refractivity contribution in [3.63, 3.8) is 0 Å². The van der Waals surface area contributed by atoms with Crippen molar-refractivity contribution < 1.29 is 28.6 Å². The number of benzene rings is 3. The lowest BCUT2D eigenvalue weighted by Crippen LogP contribution is -2.54. The molecule has 0 aliphatic carbocycles. The summed E-state index contributed by atoms with van der Waals surface area (Å²) in [5.41, 5.74) is 3.12. The maximum atomic E-state index is 13.4. The largest absolute Gasteiger partial charge is 0.461 e. The van der Waals surface area contributed by atoms with Crippen molar-refractivity contribution in [3.8, 4) is 0 Å². The molecule has 2 unspecified atom stereocenters. The van der Waals surface area contributed by atoms with Crippen molar-refractivity contribution >= 4 is 18.0 Å². The number of rotatable bonds is 14. The van der Waals surface area contributed by atoms with Gasteiger partial charge in [-0.1, -0.05) is 91.0 Å². The summed E-state index contributed by atoms with van der Waals surface area (Å²) in [6.45, 7) is 7.91. The predicted molar refractivity (Wildman–Crippen MR) is 185 cm³/mol. The zero-order valence-corrected chi connectivity index (χ0v) is 28.2. The quantitative estimate of drug-likeness (QED) is 0.181. The molecule has 0 aromatic heterocycles. The Balaban J connectivity index is 0.954. The fourth-order valence-electron chi connectivity index (χ4n) is 6.99. The van der Waals surface area contributed by atoms with Crippen LogP contribution in [0.4, 0.5) is 4.79 Å². The maximum Gasteiger partial charge on any atom is 0.410 e. The maximum absolute atomic E-state index is 13.4. The molecular formula is C39H48N4O6. The normalized spacial score (nSPS) is 20.1. The van der Waals surface area contributed by atoms with Gasteiger partial charge < -0.3 is 19.1 Å². The molecule has 260 valence electrons. The molecule has 1 amide bonds. The highest BCUT2D eigenvalue weighted by Gasteiger charge is 2.37. The van der Waals surface area contributed by atoms with Gasteiger partial charge in [-0.25, -0.2) is 4.79 Å². The van der Waals surface area contributed by atoms with Crippen LogP contribution in [0.25, 0.3) is 0 Å². The van der Waals surface area contributed by atoms with Crippen LogP contribution >= 0.6 is 0 Å². The van der Waals surface area contributed by atoms with Gasteiger partial charge in [-0.2, -0.15) is 0 Å². The monoisotopic (exact) mass is 668 g/mol. The summed E-state index contributed by atoms with van der Waals surface area (Å²) >= 11 is 0. The Bertz CT molecular complexity index is 1480. The van der Waals surface area contributed by atoms with Crippen LogP contribution in [-0.2, 0) is 43.6 Å². The van der Waals surface area contributed by atoms with Crippen molar-refractivity contribution in [1.29, 1.82) is 0 Å². The van der Waals surface area contributed by atoms with E-state index in [9.17, 15) is 14.4 Å². The number of likely N-dealkylation sites (tertiary alicyclic amines) is 1. The van der Waals surface area contributed by atoms with Gasteiger partial charge in [-0.05, 0) is 48.5 Å². The van der Waals surface area contributed by atoms with E-state index in [0.29, 0.717) is 45.2 Å². The van der Waals surface area contributed by atoms with E-state index in [0.717, 1.165) is 50.1 Å². The van der Waals surface area contributed by atoms with E-state index in [1.165, 1.54) is 5.56 Å². The zero-order chi connectivity index (χ0) is 33.8. The van der Waals surface area contributed by atoms with E-state index < -0.39 is 18.0 Å². The fraction of sp³-hybridized carbons (Fsp3) is 0.462. The van der Waals surface area contributed by atoms with Crippen molar-refractivity contribution in [2.24, 2.45) is 5.92 Å². The molecule has 2 atom stereocenters. The summed E-state index contributed by atoms with van der Waals surface area (Å²) in [6.07, 6.45) is 1.68. The summed E-state index contributed by atoms with van der Waals surface area (Å²) < 4.78 is 17.0. The lowest BCUT2D eigenvalue weighted by Gasteiger charge is -2.38. The number of ether oxygens (including phenoxy) is 3. The average Bonchev–Trinajstić information content (AvgIpc) is 3.48. The first kappa shape index (κ1) is 34.6. The third kappa shape index (κ3) is 10.4. The van der Waals surface area contributed by atoms with Crippen molar-refractivity contribution in [3.05, 3.63) is 108 Å². The van der Waals surface area contributed by atoms with Crippen LogP contribution in [0.15, 0.2) is 91.0 Å². The van der Waals surface area contributed by atoms with Crippen LogP contribution in [0.3, 0.4) is 0 Å². The minimum Gasteiger partial charge on any atom is -0.461 e. The number of cyclic esters (lactones) is 1. The van der Waals surface area contributed by atoms with Crippen LogP contribution in [-0.4, -0.2) is 109 Å². The van der Waals surface area contributed by atoms with Crippen LogP contribution in [0.2, 0.25) is 0 Å². The number of piperidine rings is 1. The molecular weight excluding hydrogens is 620 g/mol. The Labute approximate surface area is 289 Å². The summed E-state index contributed by atoms with van der Waals surface area (Å²) in [4.78, 5) is 47.8. The van der Waals surface area contributed by atoms with Crippen LogP contribution in [0, 0.1) is 5.92 Å². The van der Waals surface area contributed by atoms with Gasteiger partial charge in [-0.3, -0.25) is 24.3 Å². The van der Waals surface area contributed by atoms with Gasteiger partial charge >= 0.3 is 18.0 Å². The van der Waals surface area contributed by atoms with E-state index in [1.807, 2.05) is 70.5 Å². The number of hydrogen-bond acceptors (Lipinski definition) is 9. The molecule has 10 heteroatoms. The predicted octanol–water partition coefficient (Wildman–Crippen LogP) is 4.58. The van der Waals surface area contributed by atoms with E-state index in [-0.39, 0.29) is 31.8 Å². The highest BCUT2D eigenvalue weighted by atomic mass is 16.6. The molecule has 10 nitrogen and oxygen atoms in total. The molecule has 3 aromatic rings. The van der Waals surface area contributed by atoms with Crippen LogP contribution in [0.5, 0.6) is 0 Å². The third-order valence-corrected chi connectivity index (χ3v) is 9.79. The number of carbonyl (C=O) groups excluding carboxylic acids is 3. The second kappa shape index (κ2) is 17.4. The zero-order valence-electron chi connectivity index (χ0n) is 28.2. The first-order chi connectivity index (χ1) is 24.0. The third-order valence-electron chi connectivity index (χ3n) is 9.79. The molecule has 3 aliphatic rings. The molecule has 3 fully saturated rings. The van der Waals surface area contributed by atoms with Gasteiger partial charge in [0.1, 0.15) is 25.4 Å². The van der Waals surface area contributed by atoms with Gasteiger partial charge in [0.25, 0.3) is 0 Å². The SMILES string of the molecule is O=C(CC(C(=O)OCc1ccccc1)N1CCN(CC2CN(CC3CCN(Cc4ccccc4)CC3)C(=O)O2)CC1)OCc1ccccc1. The Hall–Kier alpha value is -4.25. The second-order valence-corrected chi connectivity index (χ2v) is 13.4. The molecule has 0 N–H and O–H groups in total. The number of carbonyl (C=O) groups is 3. The smallest absolute Gasteiger partial charge is 0.410 e. The van der Waals surface area contributed by atoms with Gasteiger partial charge in [0.05, 0.1) is 13.0 Å². The number of nitrogens with zero attached hydrogens (tertiary/aromatic N) is 4. The molecule has 0 bridgehead atoms. The topological polar surface area (TPSA) is 91.9 Å². The van der Waals surface area contributed by atoms with Gasteiger partial charge in [-0.15, -0.1) is 0 Å². The van der Waals surface area contributed by atoms with E-state index in [2.05, 4.69) is 40.1 Å². The van der Waals surface area contributed by atoms with Gasteiger partial charge in [0, 0.05) is 45.8 Å². The molecule has 0 spiro atoms. The Morgan fingerprint density at radius 3 is 1.88 bits per heavy atom. The fourth-order valence-corrected chi connectivity index (χ4v) is 6.99. The minimum absolute atomic E-state index is 0.0825. The molecule has 0 saturated carbocycles. The number of amides is 1. The van der Waals surface area contributed by atoms with Gasteiger partial charge in [0.2, 0.25) is 0 Å². The standard InChI is InChI=1S/C39H48N4O6/c44-37(47-29-33-12-6-2-7-13-33)24-36(38(45)48-30-34-14-8-3-9-15-34)42-22-20-41(21-23-42)27-35-28-43(39(46)49-35)26-32-16-18-40(19-17-32)25-31-10-4-1-5-11-31/h1-15,32,35-36H,16-30H2. The minimum atomic E-state index is -0.743. The Morgan fingerprint density at radius 1 is 0.694 bits per heavy atom. The van der Waals surface area contributed by atoms with Crippen LogP contribution < -0.4 is 0 Å². The lowest BCUT2D eigenvalue weighted by atomic mass is 9.96. The molecule has 49 heavy (non-hydrogen) atoms. The molecule has 3 aliphatic heterocycles. The summed E-state index contributed by atoms with van der Waals surface area (Å²) in [6, 6.07) is 28.9. The molecule has 0 radical (unpaired) electrons. The van der Waals surface area contributed by atoms with E-state index >= 15 is 0 Å². The Morgan fingerprint density at radius 2 is 1.27 bits per heavy atom. The molecule has 6 rings (SSSR count). The summed E-state index contributed by atoms with van der Waals surface area (Å²) in [5.74, 6) is -0.382. The van der Waals surface area contributed by atoms with Crippen molar-refractivity contribution in [1.82, 2.24) is 19.6 Å². The number of hydrogen-bond donors (Lipinski definition) is 0. The van der Waals surface area contributed by atoms with Crippen molar-refractivity contribution in [2.45, 2.75) is 51.2 Å². The average molecular weight is 669 g/mol. The Kier molecular flexibility index (Phi) is 12.3. The summed E-state index contributed by atoms with van der Waals surface area (Å²) in [5, 5.41) is 0. The second-order valence-electron chi connectivity index (χ2n) is 13.4. The first-order valence-corrected chi connectivity index (χ1v) is 17.6. The van der Waals surface area contributed by atoms with E-state index in [4.69, 9.17) is 14.2 Å². The summed E-state index contributed by atoms with van der Waals surface area (Å²) in [7, 11) is 0. The van der Waals surface area contributed by atoms with Crippen molar-refractivity contribution in [2.75, 3.05) is 58.9 Å². The highest BCUT2D eigenvalue weighted by Crippen LogP contribution is 2.23. The number of esters is 2. The highest BCUT2D eigenvalue weighted by molar-refractivity contribution is 5.82. The first-order valence-electron chi connectivity index (χ1n) is 17.6.